The highest BCUT2D eigenvalue weighted by molar-refractivity contribution is 5.52. The van der Waals surface area contributed by atoms with Crippen LogP contribution in [0.25, 0.3) is 6.08 Å². The van der Waals surface area contributed by atoms with Crippen molar-refractivity contribution in [1.29, 1.82) is 0 Å². The van der Waals surface area contributed by atoms with Gasteiger partial charge in [-0.3, -0.25) is 0 Å². The summed E-state index contributed by atoms with van der Waals surface area (Å²) in [6.07, 6.45) is -4.68. The van der Waals surface area contributed by atoms with Crippen LogP contribution in [0.15, 0.2) is 30.8 Å². The SMILES string of the molecule is C=Cc1ccccc1CC(F)(F)C(F)(F)C(F)F. The molecule has 0 saturated heterocycles. The van der Waals surface area contributed by atoms with Crippen LogP contribution in [0.2, 0.25) is 0 Å². The Balaban J connectivity index is 3.06. The number of hydrogen-bond acceptors (Lipinski definition) is 0. The molecular formula is C12H10F6. The highest BCUT2D eigenvalue weighted by Crippen LogP contribution is 2.41. The first-order valence-corrected chi connectivity index (χ1v) is 4.96. The van der Waals surface area contributed by atoms with Gasteiger partial charge in [-0.2, -0.15) is 17.6 Å². The molecule has 100 valence electrons. The normalized spacial score (nSPS) is 12.8. The lowest BCUT2D eigenvalue weighted by molar-refractivity contribution is -0.262. The maximum absolute atomic E-state index is 13.2. The van der Waals surface area contributed by atoms with Crippen LogP contribution in [-0.4, -0.2) is 18.3 Å². The summed E-state index contributed by atoms with van der Waals surface area (Å²) >= 11 is 0. The Morgan fingerprint density at radius 3 is 2.17 bits per heavy atom. The fraction of sp³-hybridized carbons (Fsp3) is 0.333. The third-order valence-electron chi connectivity index (χ3n) is 2.45. The molecule has 0 aromatic heterocycles. The number of hydrogen-bond donors (Lipinski definition) is 0. The van der Waals surface area contributed by atoms with Gasteiger partial charge in [0.2, 0.25) is 0 Å². The summed E-state index contributed by atoms with van der Waals surface area (Å²) in [6.45, 7) is 3.34. The van der Waals surface area contributed by atoms with Gasteiger partial charge in [0.05, 0.1) is 0 Å². The third kappa shape index (κ3) is 2.68. The summed E-state index contributed by atoms with van der Waals surface area (Å²) in [5.74, 6) is -10.2. The molecule has 1 rings (SSSR count). The highest BCUT2D eigenvalue weighted by atomic mass is 19.3. The molecule has 0 amide bonds. The number of halogens is 6. The van der Waals surface area contributed by atoms with Crippen molar-refractivity contribution in [3.8, 4) is 0 Å². The first-order valence-electron chi connectivity index (χ1n) is 4.96. The van der Waals surface area contributed by atoms with Gasteiger partial charge >= 0.3 is 18.3 Å². The van der Waals surface area contributed by atoms with Crippen LogP contribution in [0.3, 0.4) is 0 Å². The molecule has 1 aromatic rings. The molecule has 0 bridgehead atoms. The summed E-state index contributed by atoms with van der Waals surface area (Å²) in [5.41, 5.74) is 0.0556. The van der Waals surface area contributed by atoms with Gasteiger partial charge in [-0.15, -0.1) is 0 Å². The number of benzene rings is 1. The van der Waals surface area contributed by atoms with Gasteiger partial charge in [0.15, 0.2) is 0 Å². The smallest absolute Gasteiger partial charge is 0.203 e. The summed E-state index contributed by atoms with van der Waals surface area (Å²) in [4.78, 5) is 0. The van der Waals surface area contributed by atoms with Crippen molar-refractivity contribution in [2.45, 2.75) is 24.7 Å². The molecule has 0 radical (unpaired) electrons. The molecule has 0 aliphatic heterocycles. The van der Waals surface area contributed by atoms with Gasteiger partial charge in [0, 0.05) is 6.42 Å². The molecule has 0 spiro atoms. The van der Waals surface area contributed by atoms with Gasteiger partial charge in [0.25, 0.3) is 0 Å². The first kappa shape index (κ1) is 14.6. The van der Waals surface area contributed by atoms with Crippen molar-refractivity contribution in [3.63, 3.8) is 0 Å². The summed E-state index contributed by atoms with van der Waals surface area (Å²) in [6, 6.07) is 5.42. The van der Waals surface area contributed by atoms with Crippen LogP contribution in [0.1, 0.15) is 11.1 Å². The molecule has 0 fully saturated rings. The van der Waals surface area contributed by atoms with Crippen molar-refractivity contribution in [2.75, 3.05) is 0 Å². The van der Waals surface area contributed by atoms with Crippen molar-refractivity contribution < 1.29 is 26.3 Å². The highest BCUT2D eigenvalue weighted by Gasteiger charge is 2.62. The van der Waals surface area contributed by atoms with Gasteiger partial charge in [-0.05, 0) is 11.1 Å². The predicted octanol–water partition coefficient (Wildman–Crippen LogP) is 4.41. The topological polar surface area (TPSA) is 0 Å². The van der Waals surface area contributed by atoms with Crippen LogP contribution < -0.4 is 0 Å². The molecule has 0 heterocycles. The lowest BCUT2D eigenvalue weighted by Gasteiger charge is -2.26. The molecule has 18 heavy (non-hydrogen) atoms. The summed E-state index contributed by atoms with van der Waals surface area (Å²) in [5, 5.41) is 0. The molecule has 0 nitrogen and oxygen atoms in total. The molecule has 0 aliphatic carbocycles. The monoisotopic (exact) mass is 268 g/mol. The zero-order chi connectivity index (χ0) is 14.0. The van der Waals surface area contributed by atoms with Crippen LogP contribution >= 0.6 is 0 Å². The van der Waals surface area contributed by atoms with Crippen LogP contribution in [0.4, 0.5) is 26.3 Å². The minimum absolute atomic E-state index is 0.155. The predicted molar refractivity (Wildman–Crippen MR) is 56.1 cm³/mol. The Bertz CT molecular complexity index is 424. The fourth-order valence-corrected chi connectivity index (χ4v) is 1.41. The minimum atomic E-state index is -5.36. The Labute approximate surface area is 99.9 Å². The average Bonchev–Trinajstić information content (AvgIpc) is 2.28. The van der Waals surface area contributed by atoms with Crippen molar-refractivity contribution in [2.24, 2.45) is 0 Å². The van der Waals surface area contributed by atoms with Gasteiger partial charge in [-0.1, -0.05) is 36.9 Å². The Morgan fingerprint density at radius 2 is 1.67 bits per heavy atom. The van der Waals surface area contributed by atoms with E-state index >= 15 is 0 Å². The molecule has 0 unspecified atom stereocenters. The number of rotatable bonds is 5. The van der Waals surface area contributed by atoms with E-state index in [9.17, 15) is 26.3 Å². The lowest BCUT2D eigenvalue weighted by Crippen LogP contribution is -2.47. The second kappa shape index (κ2) is 5.04. The van der Waals surface area contributed by atoms with Crippen molar-refractivity contribution in [3.05, 3.63) is 42.0 Å². The summed E-state index contributed by atoms with van der Waals surface area (Å²) in [7, 11) is 0. The standard InChI is InChI=1S/C12H10F6/c1-2-8-5-3-4-6-9(8)7-11(15,16)12(17,18)10(13)14/h2-6,10H,1,7H2. The van der Waals surface area contributed by atoms with Gasteiger partial charge < -0.3 is 0 Å². The zero-order valence-corrected chi connectivity index (χ0v) is 9.15. The Kier molecular flexibility index (Phi) is 4.09. The molecule has 0 aliphatic rings. The molecule has 1 aromatic carbocycles. The van der Waals surface area contributed by atoms with Crippen LogP contribution in [0, 0.1) is 0 Å². The second-order valence-electron chi connectivity index (χ2n) is 3.71. The van der Waals surface area contributed by atoms with E-state index in [1.54, 1.807) is 0 Å². The maximum Gasteiger partial charge on any atom is 0.369 e. The Morgan fingerprint density at radius 1 is 1.11 bits per heavy atom. The largest absolute Gasteiger partial charge is 0.369 e. The van der Waals surface area contributed by atoms with Gasteiger partial charge in [-0.25, -0.2) is 8.78 Å². The maximum atomic E-state index is 13.2. The molecule has 0 N–H and O–H groups in total. The quantitative estimate of drug-likeness (QED) is 0.694. The van der Waals surface area contributed by atoms with Gasteiger partial charge in [0.1, 0.15) is 0 Å². The van der Waals surface area contributed by atoms with Crippen LogP contribution in [-0.2, 0) is 6.42 Å². The molecular weight excluding hydrogens is 258 g/mol. The van der Waals surface area contributed by atoms with Crippen LogP contribution in [0.5, 0.6) is 0 Å². The van der Waals surface area contributed by atoms with E-state index < -0.39 is 24.7 Å². The lowest BCUT2D eigenvalue weighted by atomic mass is 9.98. The molecule has 0 atom stereocenters. The average molecular weight is 268 g/mol. The van der Waals surface area contributed by atoms with E-state index in [0.717, 1.165) is 0 Å². The molecule has 0 saturated carbocycles. The zero-order valence-electron chi connectivity index (χ0n) is 9.15. The van der Waals surface area contributed by atoms with Crippen molar-refractivity contribution in [1.82, 2.24) is 0 Å². The molecule has 6 heteroatoms. The Hall–Kier alpha value is -1.46. The van der Waals surface area contributed by atoms with E-state index in [4.69, 9.17) is 0 Å². The van der Waals surface area contributed by atoms with E-state index in [1.165, 1.54) is 30.3 Å². The first-order chi connectivity index (χ1) is 8.22. The fourth-order valence-electron chi connectivity index (χ4n) is 1.41. The van der Waals surface area contributed by atoms with Crippen molar-refractivity contribution >= 4 is 6.08 Å². The van der Waals surface area contributed by atoms with E-state index in [2.05, 4.69) is 6.58 Å². The minimum Gasteiger partial charge on any atom is -0.203 e. The van der Waals surface area contributed by atoms with E-state index in [0.29, 0.717) is 0 Å². The third-order valence-corrected chi connectivity index (χ3v) is 2.45. The van der Waals surface area contributed by atoms with E-state index in [1.807, 2.05) is 0 Å². The van der Waals surface area contributed by atoms with E-state index in [-0.39, 0.29) is 11.1 Å². The number of alkyl halides is 6. The summed E-state index contributed by atoms with van der Waals surface area (Å²) < 4.78 is 75.7. The second-order valence-corrected chi connectivity index (χ2v) is 3.71.